The summed E-state index contributed by atoms with van der Waals surface area (Å²) in [6.07, 6.45) is -4.37. The average Bonchev–Trinajstić information content (AvgIpc) is 3.44. The summed E-state index contributed by atoms with van der Waals surface area (Å²) in [5.41, 5.74) is 6.85. The van der Waals surface area contributed by atoms with Crippen molar-refractivity contribution in [3.8, 4) is 5.75 Å². The number of carbonyl (C=O) groups is 1. The number of carbonyl (C=O) groups excluding carboxylic acids is 1. The molecule has 0 radical (unpaired) electrons. The maximum absolute atomic E-state index is 12.3. The predicted molar refractivity (Wildman–Crippen MR) is 136 cm³/mol. The van der Waals surface area contributed by atoms with Crippen LogP contribution in [0.5, 0.6) is 5.75 Å². The van der Waals surface area contributed by atoms with E-state index in [0.717, 1.165) is 0 Å². The van der Waals surface area contributed by atoms with E-state index in [1.54, 1.807) is 16.9 Å². The van der Waals surface area contributed by atoms with Gasteiger partial charge in [0.2, 0.25) is 5.95 Å². The van der Waals surface area contributed by atoms with Gasteiger partial charge in [0.15, 0.2) is 17.7 Å². The van der Waals surface area contributed by atoms with E-state index in [0.29, 0.717) is 5.69 Å². The average molecular weight is 558 g/mol. The molecule has 15 nitrogen and oxygen atoms in total. The number of phenolic OH excluding ortho intramolecular Hbond substituents is 1. The number of para-hydroxylation sites is 2. The van der Waals surface area contributed by atoms with Gasteiger partial charge in [0, 0.05) is 5.69 Å². The number of phenols is 1. The minimum atomic E-state index is -4.67. The number of fused-ring (bicyclic) bond motifs is 1. The highest BCUT2D eigenvalue weighted by molar-refractivity contribution is 7.85. The van der Waals surface area contributed by atoms with Crippen molar-refractivity contribution in [2.45, 2.75) is 24.5 Å². The molecule has 5 rings (SSSR count). The van der Waals surface area contributed by atoms with E-state index in [2.05, 4.69) is 20.3 Å². The Morgan fingerprint density at radius 3 is 2.54 bits per heavy atom. The number of nitrogens with two attached hydrogens (primary N) is 1. The standard InChI is InChI=1S/C23H23N7O8S/c24-19-16-20(28-23(27-19)26-12-6-2-1-3-7-12)30(11-25-16)22-18(33)17(32)15(38-22)10-37-39(35,36)29-21(34)13-8-4-5-9-14(13)31/h1-9,11,15,17-18,22,31-33H,10H2,(H,29,34)(H3,24,26,27,28)/t15-,17-,18-,22-/m1/s1. The second-order valence-corrected chi connectivity index (χ2v) is 9.83. The lowest BCUT2D eigenvalue weighted by Crippen LogP contribution is -2.37. The van der Waals surface area contributed by atoms with E-state index in [-0.39, 0.29) is 28.5 Å². The van der Waals surface area contributed by atoms with Crippen molar-refractivity contribution >= 4 is 44.8 Å². The Kier molecular flexibility index (Phi) is 7.02. The molecule has 1 aliphatic heterocycles. The molecule has 3 heterocycles. The van der Waals surface area contributed by atoms with Crippen LogP contribution < -0.4 is 15.8 Å². The molecule has 4 aromatic rings. The molecular weight excluding hydrogens is 534 g/mol. The SMILES string of the molecule is Nc1nc(Nc2ccccc2)nc2c1ncn2[C@@H]1O[C@H](COS(=O)(=O)NC(=O)c2ccccc2O)[C@@H](O)[C@H]1O. The Balaban J connectivity index is 1.30. The minimum Gasteiger partial charge on any atom is -0.507 e. The number of aromatic nitrogens is 4. The summed E-state index contributed by atoms with van der Waals surface area (Å²) in [7, 11) is -4.67. The second-order valence-electron chi connectivity index (χ2n) is 8.48. The van der Waals surface area contributed by atoms with E-state index in [9.17, 15) is 28.5 Å². The Labute approximate surface area is 221 Å². The van der Waals surface area contributed by atoms with Gasteiger partial charge in [-0.1, -0.05) is 30.3 Å². The number of imidazole rings is 1. The number of hydrogen-bond donors (Lipinski definition) is 6. The predicted octanol–water partition coefficient (Wildman–Crippen LogP) is 0.168. The van der Waals surface area contributed by atoms with Gasteiger partial charge in [-0.25, -0.2) is 9.71 Å². The van der Waals surface area contributed by atoms with E-state index in [1.165, 1.54) is 35.2 Å². The highest BCUT2D eigenvalue weighted by atomic mass is 32.2. The lowest BCUT2D eigenvalue weighted by molar-refractivity contribution is -0.0468. The number of nitrogen functional groups attached to an aromatic ring is 1. The lowest BCUT2D eigenvalue weighted by Gasteiger charge is -2.17. The first-order valence-corrected chi connectivity index (χ1v) is 12.9. The topological polar surface area (TPSA) is 224 Å². The molecule has 1 amide bonds. The molecule has 2 aromatic carbocycles. The van der Waals surface area contributed by atoms with Crippen LogP contribution in [0.15, 0.2) is 60.9 Å². The van der Waals surface area contributed by atoms with Crippen LogP contribution in [0.1, 0.15) is 16.6 Å². The van der Waals surface area contributed by atoms with Crippen molar-refractivity contribution in [2.75, 3.05) is 17.7 Å². The van der Waals surface area contributed by atoms with Crippen LogP contribution >= 0.6 is 0 Å². The Morgan fingerprint density at radius 1 is 1.08 bits per heavy atom. The van der Waals surface area contributed by atoms with Crippen LogP contribution in [0.2, 0.25) is 0 Å². The minimum absolute atomic E-state index is 0.0522. The first kappa shape index (κ1) is 26.3. The zero-order valence-electron chi connectivity index (χ0n) is 19.9. The van der Waals surface area contributed by atoms with Crippen molar-refractivity contribution in [1.29, 1.82) is 0 Å². The normalized spacial score (nSPS) is 21.2. The number of aliphatic hydroxyl groups excluding tert-OH is 2. The smallest absolute Gasteiger partial charge is 0.362 e. The third-order valence-corrected chi connectivity index (χ3v) is 6.73. The summed E-state index contributed by atoms with van der Waals surface area (Å²) >= 11 is 0. The third kappa shape index (κ3) is 5.45. The van der Waals surface area contributed by atoms with Gasteiger partial charge in [-0.15, -0.1) is 0 Å². The van der Waals surface area contributed by atoms with E-state index in [1.807, 2.05) is 18.2 Å². The molecule has 1 aliphatic rings. The van der Waals surface area contributed by atoms with Gasteiger partial charge in [-0.2, -0.15) is 18.4 Å². The van der Waals surface area contributed by atoms with Gasteiger partial charge < -0.3 is 31.1 Å². The molecule has 0 bridgehead atoms. The molecule has 1 fully saturated rings. The number of nitrogens with zero attached hydrogens (tertiary/aromatic N) is 4. The Hall–Kier alpha value is -4.35. The number of aliphatic hydroxyl groups is 2. The van der Waals surface area contributed by atoms with Crippen LogP contribution in [-0.2, 0) is 19.2 Å². The van der Waals surface area contributed by atoms with Crippen LogP contribution in [0, 0.1) is 0 Å². The van der Waals surface area contributed by atoms with Crippen LogP contribution in [-0.4, -0.2) is 74.1 Å². The number of ether oxygens (including phenoxy) is 1. The van der Waals surface area contributed by atoms with Gasteiger partial charge in [-0.05, 0) is 24.3 Å². The van der Waals surface area contributed by atoms with Crippen LogP contribution in [0.4, 0.5) is 17.5 Å². The van der Waals surface area contributed by atoms with E-state index >= 15 is 0 Å². The van der Waals surface area contributed by atoms with Crippen molar-refractivity contribution in [1.82, 2.24) is 24.2 Å². The first-order valence-electron chi connectivity index (χ1n) is 11.5. The number of amides is 1. The zero-order chi connectivity index (χ0) is 27.7. The molecule has 7 N–H and O–H groups in total. The molecule has 0 spiro atoms. The number of rotatable bonds is 8. The number of benzene rings is 2. The molecule has 16 heteroatoms. The van der Waals surface area contributed by atoms with Crippen molar-refractivity contribution in [3.05, 3.63) is 66.5 Å². The molecule has 1 saturated heterocycles. The highest BCUT2D eigenvalue weighted by Gasteiger charge is 2.45. The fourth-order valence-electron chi connectivity index (χ4n) is 3.95. The maximum Gasteiger partial charge on any atom is 0.362 e. The van der Waals surface area contributed by atoms with Crippen LogP contribution in [0.3, 0.4) is 0 Å². The molecular formula is C23H23N7O8S. The second kappa shape index (κ2) is 10.4. The molecule has 0 unspecified atom stereocenters. The highest BCUT2D eigenvalue weighted by Crippen LogP contribution is 2.33. The molecule has 2 aromatic heterocycles. The third-order valence-electron chi connectivity index (χ3n) is 5.84. The van der Waals surface area contributed by atoms with Crippen LogP contribution in [0.25, 0.3) is 11.2 Å². The zero-order valence-corrected chi connectivity index (χ0v) is 20.8. The lowest BCUT2D eigenvalue weighted by atomic mass is 10.1. The Morgan fingerprint density at radius 2 is 1.79 bits per heavy atom. The number of aromatic hydroxyl groups is 1. The molecule has 0 saturated carbocycles. The summed E-state index contributed by atoms with van der Waals surface area (Å²) in [4.78, 5) is 25.0. The van der Waals surface area contributed by atoms with Gasteiger partial charge >= 0.3 is 10.3 Å². The molecule has 204 valence electrons. The van der Waals surface area contributed by atoms with Crippen molar-refractivity contribution in [3.63, 3.8) is 0 Å². The number of hydrogen-bond acceptors (Lipinski definition) is 13. The molecule has 4 atom stereocenters. The first-order chi connectivity index (χ1) is 18.6. The van der Waals surface area contributed by atoms with E-state index in [4.69, 9.17) is 14.7 Å². The fraction of sp³-hybridized carbons (Fsp3) is 0.217. The summed E-state index contributed by atoms with van der Waals surface area (Å²) in [5.74, 6) is -1.35. The molecule has 0 aliphatic carbocycles. The van der Waals surface area contributed by atoms with Crippen molar-refractivity contribution < 1.29 is 37.5 Å². The van der Waals surface area contributed by atoms with Crippen molar-refractivity contribution in [2.24, 2.45) is 0 Å². The van der Waals surface area contributed by atoms with Gasteiger partial charge in [0.25, 0.3) is 5.91 Å². The van der Waals surface area contributed by atoms with Gasteiger partial charge in [0.05, 0.1) is 18.5 Å². The summed E-state index contributed by atoms with van der Waals surface area (Å²) in [5, 5.41) is 33.9. The number of anilines is 3. The largest absolute Gasteiger partial charge is 0.507 e. The summed E-state index contributed by atoms with van der Waals surface area (Å²) in [6.45, 7) is -0.747. The monoisotopic (exact) mass is 557 g/mol. The fourth-order valence-corrected chi connectivity index (χ4v) is 4.66. The summed E-state index contributed by atoms with van der Waals surface area (Å²) in [6, 6.07) is 14.4. The van der Waals surface area contributed by atoms with E-state index < -0.39 is 53.1 Å². The van der Waals surface area contributed by atoms with Gasteiger partial charge in [-0.3, -0.25) is 13.5 Å². The summed E-state index contributed by atoms with van der Waals surface area (Å²) < 4.78 is 38.1. The van der Waals surface area contributed by atoms with Gasteiger partial charge in [0.1, 0.15) is 29.6 Å². The maximum atomic E-state index is 12.3. The quantitative estimate of drug-likeness (QED) is 0.170. The Bertz CT molecular complexity index is 1620. The molecule has 39 heavy (non-hydrogen) atoms. The number of nitrogens with one attached hydrogen (secondary N) is 2.